The number of benzene rings is 3. The van der Waals surface area contributed by atoms with Crippen LogP contribution in [0.3, 0.4) is 0 Å². The van der Waals surface area contributed by atoms with Crippen molar-refractivity contribution in [2.24, 2.45) is 0 Å². The van der Waals surface area contributed by atoms with Crippen molar-refractivity contribution < 1.29 is 19.4 Å². The van der Waals surface area contributed by atoms with E-state index in [0.717, 1.165) is 29.5 Å². The van der Waals surface area contributed by atoms with Gasteiger partial charge in [-0.15, -0.1) is 0 Å². The highest BCUT2D eigenvalue weighted by Gasteiger charge is 2.16. The van der Waals surface area contributed by atoms with E-state index in [1.165, 1.54) is 0 Å². The number of esters is 1. The van der Waals surface area contributed by atoms with Gasteiger partial charge in [0, 0.05) is 0 Å². The van der Waals surface area contributed by atoms with Crippen LogP contribution in [0.2, 0.25) is 0 Å². The fraction of sp³-hybridized carbons (Fsp3) is 0.200. The van der Waals surface area contributed by atoms with Crippen LogP contribution in [-0.4, -0.2) is 23.6 Å². The molecule has 3 rings (SSSR count). The molecule has 5 nitrogen and oxygen atoms in total. The molecule has 2 N–H and O–H groups in total. The lowest BCUT2D eigenvalue weighted by molar-refractivity contribution is -0.125. The molecule has 30 heavy (non-hydrogen) atoms. The first-order valence-electron chi connectivity index (χ1n) is 9.97. The zero-order valence-electron chi connectivity index (χ0n) is 16.9. The van der Waals surface area contributed by atoms with Gasteiger partial charge < -0.3 is 15.2 Å². The minimum atomic E-state index is -0.547. The Morgan fingerprint density at radius 1 is 0.900 bits per heavy atom. The van der Waals surface area contributed by atoms with E-state index in [4.69, 9.17) is 4.74 Å². The van der Waals surface area contributed by atoms with Crippen molar-refractivity contribution in [2.45, 2.75) is 25.8 Å². The maximum absolute atomic E-state index is 12.3. The van der Waals surface area contributed by atoms with Gasteiger partial charge in [0.05, 0.1) is 11.6 Å². The van der Waals surface area contributed by atoms with E-state index in [0.29, 0.717) is 5.56 Å². The van der Waals surface area contributed by atoms with Crippen LogP contribution in [0.15, 0.2) is 78.9 Å². The van der Waals surface area contributed by atoms with Gasteiger partial charge in [0.25, 0.3) is 5.91 Å². The monoisotopic (exact) mass is 403 g/mol. The van der Waals surface area contributed by atoms with Crippen molar-refractivity contribution >= 4 is 11.9 Å². The first-order valence-corrected chi connectivity index (χ1v) is 9.97. The second-order valence-electron chi connectivity index (χ2n) is 7.02. The molecule has 0 aliphatic heterocycles. The van der Waals surface area contributed by atoms with Crippen LogP contribution in [0.5, 0.6) is 5.75 Å². The molecular formula is C25H25NO4. The Morgan fingerprint density at radius 2 is 1.50 bits per heavy atom. The molecule has 0 heterocycles. The number of rotatable bonds is 8. The van der Waals surface area contributed by atoms with Gasteiger partial charge in [0.15, 0.2) is 6.61 Å². The van der Waals surface area contributed by atoms with Crippen molar-refractivity contribution in [2.75, 3.05) is 6.61 Å². The number of hydrogen-bond acceptors (Lipinski definition) is 4. The fourth-order valence-corrected chi connectivity index (χ4v) is 3.20. The third-order valence-corrected chi connectivity index (χ3v) is 4.77. The van der Waals surface area contributed by atoms with Gasteiger partial charge in [0.2, 0.25) is 0 Å². The summed E-state index contributed by atoms with van der Waals surface area (Å²) in [6.45, 7) is 1.73. The largest absolute Gasteiger partial charge is 0.508 e. The molecule has 154 valence electrons. The molecule has 1 atom stereocenters. The molecule has 3 aromatic rings. The molecule has 0 aromatic heterocycles. The number of aromatic hydroxyl groups is 1. The average Bonchev–Trinajstić information content (AvgIpc) is 2.78. The zero-order chi connectivity index (χ0) is 21.3. The summed E-state index contributed by atoms with van der Waals surface area (Å²) >= 11 is 0. The maximum Gasteiger partial charge on any atom is 0.338 e. The molecular weight excluding hydrogens is 378 g/mol. The summed E-state index contributed by atoms with van der Waals surface area (Å²) in [4.78, 5) is 24.6. The van der Waals surface area contributed by atoms with E-state index in [1.54, 1.807) is 48.5 Å². The van der Waals surface area contributed by atoms with E-state index < -0.39 is 5.97 Å². The smallest absolute Gasteiger partial charge is 0.338 e. The Hall–Kier alpha value is -3.60. The molecule has 0 unspecified atom stereocenters. The molecule has 3 aromatic carbocycles. The minimum Gasteiger partial charge on any atom is -0.508 e. The number of phenols is 1. The summed E-state index contributed by atoms with van der Waals surface area (Å²) in [5.74, 6) is -0.675. The Balaban J connectivity index is 1.55. The van der Waals surface area contributed by atoms with Crippen LogP contribution >= 0.6 is 0 Å². The van der Waals surface area contributed by atoms with Gasteiger partial charge in [-0.3, -0.25) is 4.79 Å². The lowest BCUT2D eigenvalue weighted by atomic mass is 10.0. The number of hydrogen-bond donors (Lipinski definition) is 2. The third-order valence-electron chi connectivity index (χ3n) is 4.77. The second kappa shape index (κ2) is 10.3. The molecule has 0 aliphatic rings. The molecule has 0 spiro atoms. The van der Waals surface area contributed by atoms with Gasteiger partial charge in [-0.05, 0) is 47.4 Å². The van der Waals surface area contributed by atoms with Crippen molar-refractivity contribution in [3.05, 3.63) is 90.0 Å². The van der Waals surface area contributed by atoms with Crippen LogP contribution in [0.4, 0.5) is 0 Å². The van der Waals surface area contributed by atoms with Crippen molar-refractivity contribution in [3.8, 4) is 16.9 Å². The summed E-state index contributed by atoms with van der Waals surface area (Å²) in [6, 6.07) is 23.4. The quantitative estimate of drug-likeness (QED) is 0.526. The number of carbonyl (C=O) groups is 2. The standard InChI is InChI=1S/C25H25NO4/c1-2-6-23(20-7-4-3-5-8-20)26-24(28)17-30-25(29)21-11-9-18(10-12-21)19-13-15-22(27)16-14-19/h3-5,7-16,23,27H,2,6,17H2,1H3,(H,26,28)/t23-/m1/s1. The zero-order valence-corrected chi connectivity index (χ0v) is 16.9. The topological polar surface area (TPSA) is 75.6 Å². The number of ether oxygens (including phenoxy) is 1. The molecule has 0 fully saturated rings. The van der Waals surface area contributed by atoms with E-state index in [1.807, 2.05) is 30.3 Å². The molecule has 0 saturated heterocycles. The van der Waals surface area contributed by atoms with Crippen molar-refractivity contribution in [3.63, 3.8) is 0 Å². The Morgan fingerprint density at radius 3 is 2.10 bits per heavy atom. The molecule has 0 aliphatic carbocycles. The van der Waals surface area contributed by atoms with Crippen LogP contribution in [0.25, 0.3) is 11.1 Å². The van der Waals surface area contributed by atoms with Gasteiger partial charge >= 0.3 is 5.97 Å². The fourth-order valence-electron chi connectivity index (χ4n) is 3.20. The molecule has 0 bridgehead atoms. The number of phenolic OH excluding ortho intramolecular Hbond substituents is 1. The van der Waals surface area contributed by atoms with E-state index >= 15 is 0 Å². The lowest BCUT2D eigenvalue weighted by Crippen LogP contribution is -2.32. The molecule has 0 saturated carbocycles. The summed E-state index contributed by atoms with van der Waals surface area (Å²) < 4.78 is 5.18. The number of carbonyl (C=O) groups excluding carboxylic acids is 2. The molecule has 1 amide bonds. The first-order chi connectivity index (χ1) is 14.6. The Labute approximate surface area is 176 Å². The van der Waals surface area contributed by atoms with Crippen molar-refractivity contribution in [1.29, 1.82) is 0 Å². The molecule has 0 radical (unpaired) electrons. The average molecular weight is 403 g/mol. The second-order valence-corrected chi connectivity index (χ2v) is 7.02. The van der Waals surface area contributed by atoms with E-state index in [2.05, 4.69) is 12.2 Å². The minimum absolute atomic E-state index is 0.105. The SMILES string of the molecule is CCC[C@@H](NC(=O)COC(=O)c1ccc(-c2ccc(O)cc2)cc1)c1ccccc1. The predicted molar refractivity (Wildman–Crippen MR) is 116 cm³/mol. The van der Waals surface area contributed by atoms with E-state index in [-0.39, 0.29) is 24.3 Å². The van der Waals surface area contributed by atoms with Crippen LogP contribution in [0.1, 0.15) is 41.7 Å². The number of nitrogens with one attached hydrogen (secondary N) is 1. The molecule has 5 heteroatoms. The highest BCUT2D eigenvalue weighted by atomic mass is 16.5. The summed E-state index contributed by atoms with van der Waals surface area (Å²) in [5.41, 5.74) is 3.24. The first kappa shape index (κ1) is 21.1. The lowest BCUT2D eigenvalue weighted by Gasteiger charge is -2.18. The van der Waals surface area contributed by atoms with Crippen LogP contribution in [0, 0.1) is 0 Å². The van der Waals surface area contributed by atoms with Gasteiger partial charge in [0.1, 0.15) is 5.75 Å². The maximum atomic E-state index is 12.3. The van der Waals surface area contributed by atoms with Gasteiger partial charge in [-0.1, -0.05) is 67.9 Å². The highest BCUT2D eigenvalue weighted by Crippen LogP contribution is 2.22. The van der Waals surface area contributed by atoms with Crippen LogP contribution < -0.4 is 5.32 Å². The Bertz CT molecular complexity index is 966. The summed E-state index contributed by atoms with van der Waals surface area (Å²) in [5, 5.41) is 12.3. The van der Waals surface area contributed by atoms with Crippen LogP contribution in [-0.2, 0) is 9.53 Å². The number of amides is 1. The van der Waals surface area contributed by atoms with Gasteiger partial charge in [-0.2, -0.15) is 0 Å². The van der Waals surface area contributed by atoms with Gasteiger partial charge in [-0.25, -0.2) is 4.79 Å². The summed E-state index contributed by atoms with van der Waals surface area (Å²) in [6.07, 6.45) is 1.73. The Kier molecular flexibility index (Phi) is 7.22. The third kappa shape index (κ3) is 5.70. The summed E-state index contributed by atoms with van der Waals surface area (Å²) in [7, 11) is 0. The predicted octanol–water partition coefficient (Wildman–Crippen LogP) is 4.87. The normalized spacial score (nSPS) is 11.5. The van der Waals surface area contributed by atoms with Crippen molar-refractivity contribution in [1.82, 2.24) is 5.32 Å². The highest BCUT2D eigenvalue weighted by molar-refractivity contribution is 5.92. The van der Waals surface area contributed by atoms with E-state index in [9.17, 15) is 14.7 Å².